The zero-order chi connectivity index (χ0) is 15.5. The molecular formula is C15H14ClNO3S. The van der Waals surface area contributed by atoms with E-state index in [1.807, 2.05) is 0 Å². The Morgan fingerprint density at radius 1 is 1.14 bits per heavy atom. The minimum absolute atomic E-state index is 0.173. The van der Waals surface area contributed by atoms with Gasteiger partial charge in [0.25, 0.3) is 0 Å². The van der Waals surface area contributed by atoms with E-state index in [0.717, 1.165) is 11.8 Å². The standard InChI is InChI=1S/C15H14ClNO3S/c1-21(19,20)14-4-2-3-13(10-14)17-15(18)9-11-5-7-12(16)8-6-11/h2-8,10H,9H2,1H3,(H,17,18). The number of hydrogen-bond acceptors (Lipinski definition) is 3. The summed E-state index contributed by atoms with van der Waals surface area (Å²) in [7, 11) is -3.29. The van der Waals surface area contributed by atoms with Crippen LogP contribution < -0.4 is 5.32 Å². The van der Waals surface area contributed by atoms with Crippen LogP contribution in [0.5, 0.6) is 0 Å². The van der Waals surface area contributed by atoms with Crippen molar-refractivity contribution in [2.45, 2.75) is 11.3 Å². The quantitative estimate of drug-likeness (QED) is 0.941. The van der Waals surface area contributed by atoms with Crippen LogP contribution in [0.25, 0.3) is 0 Å². The Labute approximate surface area is 128 Å². The SMILES string of the molecule is CS(=O)(=O)c1cccc(NC(=O)Cc2ccc(Cl)cc2)c1. The number of amides is 1. The van der Waals surface area contributed by atoms with E-state index in [-0.39, 0.29) is 17.2 Å². The molecule has 21 heavy (non-hydrogen) atoms. The van der Waals surface area contributed by atoms with Crippen LogP contribution in [0.2, 0.25) is 5.02 Å². The lowest BCUT2D eigenvalue weighted by atomic mass is 10.1. The zero-order valence-corrected chi connectivity index (χ0v) is 12.9. The molecule has 2 aromatic rings. The number of anilines is 1. The fourth-order valence-corrected chi connectivity index (χ4v) is 2.59. The molecule has 0 aliphatic carbocycles. The second-order valence-electron chi connectivity index (χ2n) is 4.65. The Morgan fingerprint density at radius 2 is 1.81 bits per heavy atom. The number of nitrogens with one attached hydrogen (secondary N) is 1. The monoisotopic (exact) mass is 323 g/mol. The first-order valence-corrected chi connectivity index (χ1v) is 8.46. The normalized spacial score (nSPS) is 11.1. The van der Waals surface area contributed by atoms with Crippen molar-refractivity contribution in [1.82, 2.24) is 0 Å². The minimum Gasteiger partial charge on any atom is -0.326 e. The Bertz CT molecular complexity index is 755. The van der Waals surface area contributed by atoms with E-state index in [1.165, 1.54) is 12.1 Å². The van der Waals surface area contributed by atoms with Crippen molar-refractivity contribution in [3.63, 3.8) is 0 Å². The maximum absolute atomic E-state index is 11.9. The molecule has 0 aliphatic heterocycles. The predicted octanol–water partition coefficient (Wildman–Crippen LogP) is 2.92. The van der Waals surface area contributed by atoms with E-state index < -0.39 is 9.84 Å². The minimum atomic E-state index is -3.29. The van der Waals surface area contributed by atoms with Gasteiger partial charge in [-0.05, 0) is 35.9 Å². The summed E-state index contributed by atoms with van der Waals surface area (Å²) < 4.78 is 22.9. The van der Waals surface area contributed by atoms with Crippen molar-refractivity contribution in [1.29, 1.82) is 0 Å². The summed E-state index contributed by atoms with van der Waals surface area (Å²) >= 11 is 5.78. The van der Waals surface area contributed by atoms with Gasteiger partial charge in [0.1, 0.15) is 0 Å². The smallest absolute Gasteiger partial charge is 0.228 e. The van der Waals surface area contributed by atoms with Gasteiger partial charge in [-0.15, -0.1) is 0 Å². The number of carbonyl (C=O) groups is 1. The summed E-state index contributed by atoms with van der Waals surface area (Å²) in [4.78, 5) is 12.1. The maximum Gasteiger partial charge on any atom is 0.228 e. The number of sulfone groups is 1. The third-order valence-electron chi connectivity index (χ3n) is 2.82. The Balaban J connectivity index is 2.08. The maximum atomic E-state index is 11.9. The van der Waals surface area contributed by atoms with Gasteiger partial charge in [-0.25, -0.2) is 8.42 Å². The molecule has 0 spiro atoms. The van der Waals surface area contributed by atoms with Gasteiger partial charge in [-0.1, -0.05) is 29.8 Å². The molecule has 0 bridgehead atoms. The van der Waals surface area contributed by atoms with Crippen LogP contribution in [-0.2, 0) is 21.1 Å². The topological polar surface area (TPSA) is 63.2 Å². The van der Waals surface area contributed by atoms with Crippen molar-refractivity contribution < 1.29 is 13.2 Å². The molecule has 0 heterocycles. The third kappa shape index (κ3) is 4.58. The molecule has 6 heteroatoms. The molecule has 4 nitrogen and oxygen atoms in total. The first kappa shape index (κ1) is 15.5. The summed E-state index contributed by atoms with van der Waals surface area (Å²) in [5, 5.41) is 3.29. The third-order valence-corrected chi connectivity index (χ3v) is 4.19. The highest BCUT2D eigenvalue weighted by atomic mass is 35.5. The first-order valence-electron chi connectivity index (χ1n) is 6.19. The van der Waals surface area contributed by atoms with E-state index in [9.17, 15) is 13.2 Å². The van der Waals surface area contributed by atoms with Gasteiger partial charge in [0, 0.05) is 17.0 Å². The molecule has 0 aromatic heterocycles. The van der Waals surface area contributed by atoms with E-state index in [1.54, 1.807) is 36.4 Å². The van der Waals surface area contributed by atoms with Crippen molar-refractivity contribution in [3.05, 3.63) is 59.1 Å². The summed E-state index contributed by atoms with van der Waals surface area (Å²) in [6, 6.07) is 13.1. The zero-order valence-electron chi connectivity index (χ0n) is 11.3. The molecule has 0 saturated heterocycles. The molecule has 0 saturated carbocycles. The van der Waals surface area contributed by atoms with Crippen molar-refractivity contribution in [2.24, 2.45) is 0 Å². The number of carbonyl (C=O) groups excluding carboxylic acids is 1. The molecule has 0 radical (unpaired) electrons. The molecular weight excluding hydrogens is 310 g/mol. The number of rotatable bonds is 4. The molecule has 0 aliphatic rings. The molecule has 2 rings (SSSR count). The fraction of sp³-hybridized carbons (Fsp3) is 0.133. The van der Waals surface area contributed by atoms with Crippen LogP contribution >= 0.6 is 11.6 Å². The second kappa shape index (κ2) is 6.28. The van der Waals surface area contributed by atoms with E-state index in [2.05, 4.69) is 5.32 Å². The van der Waals surface area contributed by atoms with Crippen LogP contribution in [0.3, 0.4) is 0 Å². The van der Waals surface area contributed by atoms with Gasteiger partial charge in [-0.3, -0.25) is 4.79 Å². The molecule has 1 amide bonds. The van der Waals surface area contributed by atoms with Crippen LogP contribution in [0.4, 0.5) is 5.69 Å². The number of hydrogen-bond donors (Lipinski definition) is 1. The van der Waals surface area contributed by atoms with Crippen LogP contribution in [0.15, 0.2) is 53.4 Å². The highest BCUT2D eigenvalue weighted by molar-refractivity contribution is 7.90. The Hall–Kier alpha value is -1.85. The highest BCUT2D eigenvalue weighted by Crippen LogP contribution is 2.16. The lowest BCUT2D eigenvalue weighted by Gasteiger charge is -2.07. The van der Waals surface area contributed by atoms with E-state index >= 15 is 0 Å². The average molecular weight is 324 g/mol. The summed E-state index contributed by atoms with van der Waals surface area (Å²) in [6.45, 7) is 0. The van der Waals surface area contributed by atoms with Gasteiger partial charge < -0.3 is 5.32 Å². The van der Waals surface area contributed by atoms with Crippen LogP contribution in [-0.4, -0.2) is 20.6 Å². The Kier molecular flexibility index (Phi) is 4.65. The molecule has 1 N–H and O–H groups in total. The Morgan fingerprint density at radius 3 is 2.43 bits per heavy atom. The number of halogens is 1. The lowest BCUT2D eigenvalue weighted by molar-refractivity contribution is -0.115. The lowest BCUT2D eigenvalue weighted by Crippen LogP contribution is -2.14. The predicted molar refractivity (Wildman–Crippen MR) is 83.3 cm³/mol. The summed E-state index contributed by atoms with van der Waals surface area (Å²) in [5.41, 5.74) is 1.29. The molecule has 110 valence electrons. The van der Waals surface area contributed by atoms with Crippen molar-refractivity contribution in [2.75, 3.05) is 11.6 Å². The number of benzene rings is 2. The van der Waals surface area contributed by atoms with E-state index in [0.29, 0.717) is 10.7 Å². The largest absolute Gasteiger partial charge is 0.326 e. The van der Waals surface area contributed by atoms with Crippen molar-refractivity contribution >= 4 is 33.0 Å². The van der Waals surface area contributed by atoms with Gasteiger partial charge >= 0.3 is 0 Å². The highest BCUT2D eigenvalue weighted by Gasteiger charge is 2.09. The molecule has 0 fully saturated rings. The summed E-state index contributed by atoms with van der Waals surface area (Å²) in [6.07, 6.45) is 1.32. The molecule has 0 unspecified atom stereocenters. The average Bonchev–Trinajstić information content (AvgIpc) is 2.41. The fourth-order valence-electron chi connectivity index (χ4n) is 1.80. The first-order chi connectivity index (χ1) is 9.84. The van der Waals surface area contributed by atoms with Crippen LogP contribution in [0, 0.1) is 0 Å². The van der Waals surface area contributed by atoms with E-state index in [4.69, 9.17) is 11.6 Å². The van der Waals surface area contributed by atoms with Gasteiger partial charge in [0.05, 0.1) is 11.3 Å². The van der Waals surface area contributed by atoms with Crippen molar-refractivity contribution in [3.8, 4) is 0 Å². The van der Waals surface area contributed by atoms with Gasteiger partial charge in [-0.2, -0.15) is 0 Å². The summed E-state index contributed by atoms with van der Waals surface area (Å²) in [5.74, 6) is -0.219. The van der Waals surface area contributed by atoms with Gasteiger partial charge in [0.15, 0.2) is 9.84 Å². The second-order valence-corrected chi connectivity index (χ2v) is 7.10. The molecule has 2 aromatic carbocycles. The molecule has 0 atom stereocenters. The van der Waals surface area contributed by atoms with Gasteiger partial charge in [0.2, 0.25) is 5.91 Å². The van der Waals surface area contributed by atoms with Crippen LogP contribution in [0.1, 0.15) is 5.56 Å².